The molecule has 6 rings (SSSR count). The van der Waals surface area contributed by atoms with E-state index in [0.29, 0.717) is 11.8 Å². The zero-order valence-corrected chi connectivity index (χ0v) is 11.3. The van der Waals surface area contributed by atoms with E-state index in [0.717, 1.165) is 11.5 Å². The average Bonchev–Trinajstić information content (AvgIpc) is 3.32. The second-order valence-electron chi connectivity index (χ2n) is 6.20. The van der Waals surface area contributed by atoms with Gasteiger partial charge >= 0.3 is 0 Å². The van der Waals surface area contributed by atoms with Crippen molar-refractivity contribution in [3.63, 3.8) is 0 Å². The van der Waals surface area contributed by atoms with Gasteiger partial charge in [-0.15, -0.1) is 0 Å². The van der Waals surface area contributed by atoms with E-state index in [1.54, 1.807) is 0 Å². The molecule has 21 heavy (non-hydrogen) atoms. The Balaban J connectivity index is 1.80. The maximum Gasteiger partial charge on any atom is 0.177 e. The quantitative estimate of drug-likeness (QED) is 0.669. The highest BCUT2D eigenvalue weighted by molar-refractivity contribution is 5.80. The molecular formula is C20H12O. The summed E-state index contributed by atoms with van der Waals surface area (Å²) in [6, 6.07) is 4.32. The Labute approximate surface area is 122 Å². The van der Waals surface area contributed by atoms with Crippen LogP contribution in [0.25, 0.3) is 11.6 Å². The predicted molar refractivity (Wildman–Crippen MR) is 83.1 cm³/mol. The van der Waals surface area contributed by atoms with Gasteiger partial charge in [-0.2, -0.15) is 0 Å². The van der Waals surface area contributed by atoms with E-state index in [4.69, 9.17) is 4.74 Å². The van der Waals surface area contributed by atoms with Gasteiger partial charge < -0.3 is 4.74 Å². The van der Waals surface area contributed by atoms with E-state index in [9.17, 15) is 0 Å². The minimum Gasteiger partial charge on any atom is -0.449 e. The third-order valence-corrected chi connectivity index (χ3v) is 5.20. The summed E-state index contributed by atoms with van der Waals surface area (Å²) in [5.41, 5.74) is 5.73. The van der Waals surface area contributed by atoms with Crippen molar-refractivity contribution in [3.05, 3.63) is 81.8 Å². The second kappa shape index (κ2) is 3.20. The fourth-order valence-electron chi connectivity index (χ4n) is 4.22. The van der Waals surface area contributed by atoms with Gasteiger partial charge in [0, 0.05) is 17.1 Å². The maximum atomic E-state index is 5.59. The predicted octanol–water partition coefficient (Wildman–Crippen LogP) is 2.90. The number of rotatable bonds is 0. The van der Waals surface area contributed by atoms with Crippen LogP contribution < -0.4 is 15.2 Å². The van der Waals surface area contributed by atoms with E-state index in [-0.39, 0.29) is 0 Å². The third kappa shape index (κ3) is 1.14. The Morgan fingerprint density at radius 3 is 2.71 bits per heavy atom. The second-order valence-corrected chi connectivity index (χ2v) is 6.20. The van der Waals surface area contributed by atoms with Crippen LogP contribution in [0.3, 0.4) is 0 Å². The highest BCUT2D eigenvalue weighted by Crippen LogP contribution is 2.49. The molecule has 0 radical (unpaired) electrons. The lowest BCUT2D eigenvalue weighted by molar-refractivity contribution is 0.603. The third-order valence-electron chi connectivity index (χ3n) is 5.20. The van der Waals surface area contributed by atoms with Crippen LogP contribution >= 0.6 is 0 Å². The number of hydrogen-bond donors (Lipinski definition) is 0. The van der Waals surface area contributed by atoms with Crippen LogP contribution in [0.1, 0.15) is 0 Å². The molecule has 0 saturated heterocycles. The molecule has 0 amide bonds. The van der Waals surface area contributed by atoms with E-state index in [1.807, 2.05) is 0 Å². The van der Waals surface area contributed by atoms with E-state index in [2.05, 4.69) is 60.7 Å². The SMILES string of the molecule is C1=CC2=CC=C3C=c4c5c(ccc4=C4C=CC(=C1)C2C34)O5. The summed E-state index contributed by atoms with van der Waals surface area (Å²) in [5, 5.41) is 2.62. The Hall–Kier alpha value is -2.54. The summed E-state index contributed by atoms with van der Waals surface area (Å²) in [6.07, 6.45) is 18.2. The molecule has 0 saturated carbocycles. The number of benzene rings is 1. The first-order valence-electron chi connectivity index (χ1n) is 7.45. The summed E-state index contributed by atoms with van der Waals surface area (Å²) in [5.74, 6) is 3.07. The Morgan fingerprint density at radius 1 is 0.810 bits per heavy atom. The van der Waals surface area contributed by atoms with Crippen molar-refractivity contribution < 1.29 is 4.74 Å². The van der Waals surface area contributed by atoms with Gasteiger partial charge in [0.25, 0.3) is 0 Å². The molecule has 0 N–H and O–H groups in total. The van der Waals surface area contributed by atoms with Crippen LogP contribution in [0, 0.1) is 11.8 Å². The zero-order valence-electron chi connectivity index (χ0n) is 11.3. The normalized spacial score (nSPS) is 28.2. The van der Waals surface area contributed by atoms with Crippen LogP contribution in [0.4, 0.5) is 0 Å². The first kappa shape index (κ1) is 10.2. The Kier molecular flexibility index (Phi) is 1.56. The van der Waals surface area contributed by atoms with Crippen molar-refractivity contribution in [2.75, 3.05) is 0 Å². The summed E-state index contributed by atoms with van der Waals surface area (Å²) in [7, 11) is 0. The monoisotopic (exact) mass is 268 g/mol. The molecule has 0 fully saturated rings. The van der Waals surface area contributed by atoms with E-state index >= 15 is 0 Å². The Morgan fingerprint density at radius 2 is 1.71 bits per heavy atom. The zero-order chi connectivity index (χ0) is 13.6. The minimum absolute atomic E-state index is 0.468. The van der Waals surface area contributed by atoms with Crippen molar-refractivity contribution in [1.82, 2.24) is 0 Å². The largest absolute Gasteiger partial charge is 0.449 e. The molecule has 2 unspecified atom stereocenters. The summed E-state index contributed by atoms with van der Waals surface area (Å²) in [6.45, 7) is 0. The van der Waals surface area contributed by atoms with E-state index < -0.39 is 0 Å². The van der Waals surface area contributed by atoms with Crippen LogP contribution in [0.2, 0.25) is 0 Å². The number of allylic oxidation sites excluding steroid dienone is 10. The highest BCUT2D eigenvalue weighted by Gasteiger charge is 2.38. The fourth-order valence-corrected chi connectivity index (χ4v) is 4.22. The molecule has 0 aromatic heterocycles. The van der Waals surface area contributed by atoms with Gasteiger partial charge in [-0.3, -0.25) is 0 Å². The first-order valence-corrected chi connectivity index (χ1v) is 7.45. The van der Waals surface area contributed by atoms with Gasteiger partial charge in [0.2, 0.25) is 0 Å². The molecular weight excluding hydrogens is 256 g/mol. The molecule has 5 aliphatic rings. The maximum absolute atomic E-state index is 5.59. The molecule has 0 spiro atoms. The van der Waals surface area contributed by atoms with Gasteiger partial charge in [-0.05, 0) is 39.7 Å². The summed E-state index contributed by atoms with van der Waals surface area (Å²) >= 11 is 0. The molecule has 1 heteroatoms. The van der Waals surface area contributed by atoms with Gasteiger partial charge in [0.05, 0.1) is 0 Å². The van der Waals surface area contributed by atoms with Crippen molar-refractivity contribution >= 4 is 11.6 Å². The summed E-state index contributed by atoms with van der Waals surface area (Å²) in [4.78, 5) is 0. The van der Waals surface area contributed by atoms with Crippen LogP contribution in [0.5, 0.6) is 11.5 Å². The molecule has 1 aromatic carbocycles. The van der Waals surface area contributed by atoms with Crippen molar-refractivity contribution in [1.29, 1.82) is 0 Å². The topological polar surface area (TPSA) is 12.5 Å². The molecule has 1 heterocycles. The first-order chi connectivity index (χ1) is 10.4. The molecule has 1 nitrogen and oxygen atoms in total. The van der Waals surface area contributed by atoms with Crippen LogP contribution in [-0.4, -0.2) is 0 Å². The van der Waals surface area contributed by atoms with Crippen molar-refractivity contribution in [2.24, 2.45) is 11.8 Å². The van der Waals surface area contributed by atoms with Gasteiger partial charge in [-0.1, -0.05) is 48.6 Å². The van der Waals surface area contributed by atoms with E-state index in [1.165, 1.54) is 32.7 Å². The molecule has 0 bridgehead atoms. The van der Waals surface area contributed by atoms with Crippen molar-refractivity contribution in [2.45, 2.75) is 0 Å². The van der Waals surface area contributed by atoms with Crippen molar-refractivity contribution in [3.8, 4) is 11.5 Å². The molecule has 1 aliphatic heterocycles. The lowest BCUT2D eigenvalue weighted by Gasteiger charge is -2.39. The van der Waals surface area contributed by atoms with Crippen LogP contribution in [-0.2, 0) is 0 Å². The lowest BCUT2D eigenvalue weighted by Crippen LogP contribution is -2.38. The Bertz CT molecular complexity index is 1010. The molecule has 98 valence electrons. The minimum atomic E-state index is 0.468. The molecule has 2 atom stereocenters. The summed E-state index contributed by atoms with van der Waals surface area (Å²) < 4.78 is 5.59. The number of fused-ring (bicyclic) bond motifs is 3. The molecule has 1 aromatic rings. The highest BCUT2D eigenvalue weighted by atomic mass is 16.6. The smallest absolute Gasteiger partial charge is 0.177 e. The van der Waals surface area contributed by atoms with Crippen LogP contribution in [0.15, 0.2) is 71.4 Å². The lowest BCUT2D eigenvalue weighted by atomic mass is 9.64. The number of ether oxygens (including phenoxy) is 1. The van der Waals surface area contributed by atoms with Gasteiger partial charge in [0.1, 0.15) is 0 Å². The van der Waals surface area contributed by atoms with Gasteiger partial charge in [0.15, 0.2) is 11.5 Å². The molecule has 4 aliphatic carbocycles. The fraction of sp³-hybridized carbons (Fsp3) is 0.100. The average molecular weight is 268 g/mol. The number of hydrogen-bond acceptors (Lipinski definition) is 1. The van der Waals surface area contributed by atoms with Gasteiger partial charge in [-0.25, -0.2) is 0 Å². The standard InChI is InChI=1S/C20H12O/c1-2-11-4-5-13-10-16-14(8-9-17-20(16)21-17)15-7-6-12(3-1)18(11)19(13)15/h1-10,18-19H.